The number of piperazine rings is 1. The van der Waals surface area contributed by atoms with Crippen LogP contribution in [0.1, 0.15) is 0 Å². The lowest BCUT2D eigenvalue weighted by Crippen LogP contribution is -2.49. The lowest BCUT2D eigenvalue weighted by molar-refractivity contribution is -0.136. The number of anilines is 2. The molecule has 3 rings (SSSR count). The molecule has 0 radical (unpaired) electrons. The van der Waals surface area contributed by atoms with Crippen LogP contribution >= 0.6 is 0 Å². The summed E-state index contributed by atoms with van der Waals surface area (Å²) in [4.78, 5) is 28.7. The Kier molecular flexibility index (Phi) is 7.51. The number of benzene rings is 2. The van der Waals surface area contributed by atoms with Gasteiger partial charge in [-0.15, -0.1) is 0 Å². The van der Waals surface area contributed by atoms with E-state index in [4.69, 9.17) is 9.47 Å². The molecule has 0 spiro atoms. The minimum absolute atomic E-state index is 0.424. The summed E-state index contributed by atoms with van der Waals surface area (Å²) >= 11 is 0. The molecule has 8 nitrogen and oxygen atoms in total. The first-order valence-corrected chi connectivity index (χ1v) is 9.93. The Bertz CT molecular complexity index is 848. The van der Waals surface area contributed by atoms with E-state index in [-0.39, 0.29) is 0 Å². The van der Waals surface area contributed by atoms with E-state index in [0.29, 0.717) is 24.5 Å². The first-order chi connectivity index (χ1) is 14.6. The lowest BCUT2D eigenvalue weighted by Gasteiger charge is -2.36. The van der Waals surface area contributed by atoms with E-state index < -0.39 is 11.8 Å². The summed E-state index contributed by atoms with van der Waals surface area (Å²) in [6.45, 7) is 4.75. The van der Waals surface area contributed by atoms with Crippen molar-refractivity contribution in [1.29, 1.82) is 0 Å². The van der Waals surface area contributed by atoms with Gasteiger partial charge in [-0.1, -0.05) is 6.07 Å². The number of ether oxygens (including phenoxy) is 2. The Morgan fingerprint density at radius 2 is 1.60 bits per heavy atom. The predicted molar refractivity (Wildman–Crippen MR) is 116 cm³/mol. The largest absolute Gasteiger partial charge is 0.497 e. The molecule has 0 unspecified atom stereocenters. The van der Waals surface area contributed by atoms with Gasteiger partial charge in [0.15, 0.2) is 0 Å². The number of nitrogens with zero attached hydrogens (tertiary/aromatic N) is 2. The highest BCUT2D eigenvalue weighted by Crippen LogP contribution is 2.20. The molecular formula is C22H28N4O4. The molecule has 0 aromatic heterocycles. The van der Waals surface area contributed by atoms with Gasteiger partial charge in [-0.25, -0.2) is 0 Å². The van der Waals surface area contributed by atoms with Crippen molar-refractivity contribution in [3.05, 3.63) is 48.5 Å². The third-order valence-corrected chi connectivity index (χ3v) is 5.06. The van der Waals surface area contributed by atoms with Gasteiger partial charge in [0, 0.05) is 56.7 Å². The van der Waals surface area contributed by atoms with E-state index in [2.05, 4.69) is 32.6 Å². The third kappa shape index (κ3) is 5.87. The average Bonchev–Trinajstić information content (AvgIpc) is 2.79. The normalized spacial score (nSPS) is 14.1. The van der Waals surface area contributed by atoms with Crippen molar-refractivity contribution in [2.45, 2.75) is 0 Å². The van der Waals surface area contributed by atoms with Crippen LogP contribution in [0.5, 0.6) is 11.5 Å². The SMILES string of the molecule is COc1ccc(N2CCN(CCNC(=O)C(=O)Nc3cccc(OC)c3)CC2)cc1. The lowest BCUT2D eigenvalue weighted by atomic mass is 10.2. The Morgan fingerprint density at radius 3 is 2.27 bits per heavy atom. The Hall–Kier alpha value is -3.26. The quantitative estimate of drug-likeness (QED) is 0.672. The van der Waals surface area contributed by atoms with Gasteiger partial charge in [0.2, 0.25) is 0 Å². The molecule has 1 aliphatic heterocycles. The topological polar surface area (TPSA) is 83.1 Å². The van der Waals surface area contributed by atoms with E-state index in [1.54, 1.807) is 38.5 Å². The smallest absolute Gasteiger partial charge is 0.313 e. The number of amides is 2. The second-order valence-corrected chi connectivity index (χ2v) is 6.97. The van der Waals surface area contributed by atoms with E-state index in [9.17, 15) is 9.59 Å². The first kappa shape index (κ1) is 21.4. The van der Waals surface area contributed by atoms with Gasteiger partial charge in [0.05, 0.1) is 14.2 Å². The van der Waals surface area contributed by atoms with Crippen molar-refractivity contribution in [2.24, 2.45) is 0 Å². The maximum Gasteiger partial charge on any atom is 0.313 e. The Labute approximate surface area is 176 Å². The number of carbonyl (C=O) groups is 2. The van der Waals surface area contributed by atoms with Gasteiger partial charge >= 0.3 is 11.8 Å². The number of hydrogen-bond donors (Lipinski definition) is 2. The van der Waals surface area contributed by atoms with Crippen LogP contribution < -0.4 is 25.0 Å². The van der Waals surface area contributed by atoms with Crippen molar-refractivity contribution in [3.63, 3.8) is 0 Å². The molecule has 0 bridgehead atoms. The summed E-state index contributed by atoms with van der Waals surface area (Å²) in [6, 6.07) is 14.9. The van der Waals surface area contributed by atoms with Crippen LogP contribution in [0.2, 0.25) is 0 Å². The highest BCUT2D eigenvalue weighted by molar-refractivity contribution is 6.39. The Morgan fingerprint density at radius 1 is 0.900 bits per heavy atom. The minimum Gasteiger partial charge on any atom is -0.497 e. The predicted octanol–water partition coefficient (Wildman–Crippen LogP) is 1.58. The summed E-state index contributed by atoms with van der Waals surface area (Å²) < 4.78 is 10.3. The average molecular weight is 412 g/mol. The second kappa shape index (κ2) is 10.5. The summed E-state index contributed by atoms with van der Waals surface area (Å²) in [5.74, 6) is 0.132. The maximum absolute atomic E-state index is 12.0. The van der Waals surface area contributed by atoms with Gasteiger partial charge in [0.25, 0.3) is 0 Å². The highest BCUT2D eigenvalue weighted by atomic mass is 16.5. The molecule has 30 heavy (non-hydrogen) atoms. The van der Waals surface area contributed by atoms with Crippen LogP contribution in [0.25, 0.3) is 0 Å². The molecule has 160 valence electrons. The first-order valence-electron chi connectivity index (χ1n) is 9.93. The van der Waals surface area contributed by atoms with Crippen molar-refractivity contribution in [1.82, 2.24) is 10.2 Å². The van der Waals surface area contributed by atoms with Gasteiger partial charge in [-0.3, -0.25) is 14.5 Å². The standard InChI is InChI=1S/C22H28N4O4/c1-29-19-8-6-18(7-9-19)26-14-12-25(13-15-26)11-10-23-21(27)22(28)24-17-4-3-5-20(16-17)30-2/h3-9,16H,10-15H2,1-2H3,(H,23,27)(H,24,28). The van der Waals surface area contributed by atoms with Crippen LogP contribution in [0.3, 0.4) is 0 Å². The fraction of sp³-hybridized carbons (Fsp3) is 0.364. The summed E-state index contributed by atoms with van der Waals surface area (Å²) in [5.41, 5.74) is 1.70. The molecule has 0 aliphatic carbocycles. The van der Waals surface area contributed by atoms with E-state index in [1.165, 1.54) is 5.69 Å². The molecule has 2 aromatic carbocycles. The van der Waals surface area contributed by atoms with Crippen molar-refractivity contribution >= 4 is 23.2 Å². The number of hydrogen-bond acceptors (Lipinski definition) is 6. The molecule has 1 heterocycles. The van der Waals surface area contributed by atoms with Gasteiger partial charge in [0.1, 0.15) is 11.5 Å². The van der Waals surface area contributed by atoms with E-state index in [0.717, 1.165) is 31.9 Å². The molecule has 1 fully saturated rings. The van der Waals surface area contributed by atoms with E-state index in [1.807, 2.05) is 12.1 Å². The molecule has 2 amide bonds. The van der Waals surface area contributed by atoms with Crippen LogP contribution in [0, 0.1) is 0 Å². The van der Waals surface area contributed by atoms with Crippen molar-refractivity contribution < 1.29 is 19.1 Å². The molecular weight excluding hydrogens is 384 g/mol. The summed E-state index contributed by atoms with van der Waals surface area (Å²) in [7, 11) is 3.21. The molecule has 0 atom stereocenters. The molecule has 2 N–H and O–H groups in total. The fourth-order valence-electron chi connectivity index (χ4n) is 3.32. The summed E-state index contributed by atoms with van der Waals surface area (Å²) in [6.07, 6.45) is 0. The molecule has 1 saturated heterocycles. The van der Waals surface area contributed by atoms with E-state index >= 15 is 0 Å². The summed E-state index contributed by atoms with van der Waals surface area (Å²) in [5, 5.41) is 5.26. The molecule has 2 aromatic rings. The molecule has 1 aliphatic rings. The highest BCUT2D eigenvalue weighted by Gasteiger charge is 2.18. The zero-order chi connectivity index (χ0) is 21.3. The third-order valence-electron chi connectivity index (χ3n) is 5.06. The number of carbonyl (C=O) groups excluding carboxylic acids is 2. The second-order valence-electron chi connectivity index (χ2n) is 6.97. The molecule has 0 saturated carbocycles. The minimum atomic E-state index is -0.687. The number of methoxy groups -OCH3 is 2. The zero-order valence-electron chi connectivity index (χ0n) is 17.4. The van der Waals surface area contributed by atoms with Crippen LogP contribution in [0.15, 0.2) is 48.5 Å². The van der Waals surface area contributed by atoms with Crippen molar-refractivity contribution in [3.8, 4) is 11.5 Å². The maximum atomic E-state index is 12.0. The zero-order valence-corrected chi connectivity index (χ0v) is 17.4. The van der Waals surface area contributed by atoms with Gasteiger partial charge < -0.3 is 25.0 Å². The van der Waals surface area contributed by atoms with Gasteiger partial charge in [-0.05, 0) is 36.4 Å². The van der Waals surface area contributed by atoms with Crippen LogP contribution in [0.4, 0.5) is 11.4 Å². The van der Waals surface area contributed by atoms with Gasteiger partial charge in [-0.2, -0.15) is 0 Å². The number of rotatable bonds is 7. The number of nitrogens with one attached hydrogen (secondary N) is 2. The molecule has 8 heteroatoms. The van der Waals surface area contributed by atoms with Crippen molar-refractivity contribution in [2.75, 3.05) is 63.7 Å². The van der Waals surface area contributed by atoms with Crippen LogP contribution in [-0.2, 0) is 9.59 Å². The Balaban J connectivity index is 1.37. The fourth-order valence-corrected chi connectivity index (χ4v) is 3.32. The van der Waals surface area contributed by atoms with Crippen LogP contribution in [-0.4, -0.2) is 70.2 Å². The monoisotopic (exact) mass is 412 g/mol.